The number of rotatable bonds is 7. The van der Waals surface area contributed by atoms with E-state index in [9.17, 15) is 14.4 Å². The maximum atomic E-state index is 12.8. The van der Waals surface area contributed by atoms with Crippen LogP contribution in [0.5, 0.6) is 0 Å². The van der Waals surface area contributed by atoms with E-state index < -0.39 is 5.91 Å². The van der Waals surface area contributed by atoms with E-state index in [1.165, 1.54) is 17.6 Å². The van der Waals surface area contributed by atoms with Crippen LogP contribution in [0.15, 0.2) is 76.7 Å². The largest absolute Gasteiger partial charge is 0.459 e. The lowest BCUT2D eigenvalue weighted by Gasteiger charge is -2.11. The second-order valence-electron chi connectivity index (χ2n) is 7.17. The summed E-state index contributed by atoms with van der Waals surface area (Å²) in [5.41, 5.74) is 2.94. The van der Waals surface area contributed by atoms with Gasteiger partial charge in [0.25, 0.3) is 11.8 Å². The number of hydrogen-bond acceptors (Lipinski definition) is 6. The molecule has 0 atom stereocenters. The van der Waals surface area contributed by atoms with E-state index in [2.05, 4.69) is 20.9 Å². The molecule has 0 bridgehead atoms. The molecule has 0 unspecified atom stereocenters. The molecule has 0 aliphatic rings. The minimum atomic E-state index is -0.418. The summed E-state index contributed by atoms with van der Waals surface area (Å²) in [6, 6.07) is 17.4. The van der Waals surface area contributed by atoms with E-state index in [0.29, 0.717) is 27.8 Å². The van der Waals surface area contributed by atoms with E-state index in [0.717, 1.165) is 5.56 Å². The van der Waals surface area contributed by atoms with Crippen molar-refractivity contribution in [3.05, 3.63) is 94.9 Å². The molecule has 4 aromatic rings. The normalized spacial score (nSPS) is 10.5. The maximum absolute atomic E-state index is 12.8. The Balaban J connectivity index is 1.39. The zero-order valence-electron chi connectivity index (χ0n) is 17.6. The highest BCUT2D eigenvalue weighted by molar-refractivity contribution is 7.14. The third-order valence-electron chi connectivity index (χ3n) is 4.58. The first-order chi connectivity index (χ1) is 16.0. The fourth-order valence-corrected chi connectivity index (χ4v) is 3.79. The molecule has 0 fully saturated rings. The number of amides is 3. The molecule has 0 spiro atoms. The Morgan fingerprint density at radius 1 is 0.939 bits per heavy atom. The Morgan fingerprint density at radius 2 is 1.79 bits per heavy atom. The topological polar surface area (TPSA) is 113 Å². The van der Waals surface area contributed by atoms with Crippen LogP contribution in [0.2, 0.25) is 0 Å². The molecule has 0 aliphatic heterocycles. The summed E-state index contributed by atoms with van der Waals surface area (Å²) < 4.78 is 5.05. The van der Waals surface area contributed by atoms with Crippen molar-refractivity contribution >= 4 is 45.6 Å². The van der Waals surface area contributed by atoms with Gasteiger partial charge in [0.15, 0.2) is 10.9 Å². The van der Waals surface area contributed by atoms with Gasteiger partial charge in [-0.25, -0.2) is 4.98 Å². The fourth-order valence-electron chi connectivity index (χ4n) is 3.08. The van der Waals surface area contributed by atoms with Crippen molar-refractivity contribution in [3.8, 4) is 0 Å². The molecule has 9 heteroatoms. The van der Waals surface area contributed by atoms with Crippen LogP contribution < -0.4 is 16.0 Å². The second kappa shape index (κ2) is 9.92. The van der Waals surface area contributed by atoms with Crippen molar-refractivity contribution in [3.63, 3.8) is 0 Å². The molecule has 8 nitrogen and oxygen atoms in total. The summed E-state index contributed by atoms with van der Waals surface area (Å²) in [7, 11) is 0. The van der Waals surface area contributed by atoms with Gasteiger partial charge in [0.1, 0.15) is 0 Å². The van der Waals surface area contributed by atoms with Crippen LogP contribution in [0.25, 0.3) is 0 Å². The number of anilines is 3. The predicted octanol–water partition coefficient (Wildman–Crippen LogP) is 4.73. The first kappa shape index (κ1) is 22.0. The molecular formula is C24H20N4O4S. The van der Waals surface area contributed by atoms with E-state index >= 15 is 0 Å². The van der Waals surface area contributed by atoms with Crippen molar-refractivity contribution in [1.29, 1.82) is 0 Å². The predicted molar refractivity (Wildman–Crippen MR) is 127 cm³/mol. The van der Waals surface area contributed by atoms with Crippen LogP contribution >= 0.6 is 11.3 Å². The first-order valence-corrected chi connectivity index (χ1v) is 10.9. The monoisotopic (exact) mass is 460 g/mol. The standard InChI is InChI=1S/C24H20N4O4S/c1-15-6-4-7-16(12-15)25-22(30)18-8-2-3-9-19(18)27-21(29)13-17-14-33-24(26-17)28-23(31)20-10-5-11-32-20/h2-12,14H,13H2,1H3,(H,25,30)(H,27,29)(H,26,28,31). The van der Waals surface area contributed by atoms with Gasteiger partial charge in [-0.3, -0.25) is 19.7 Å². The lowest BCUT2D eigenvalue weighted by atomic mass is 10.1. The van der Waals surface area contributed by atoms with Gasteiger partial charge in [0.2, 0.25) is 5.91 Å². The van der Waals surface area contributed by atoms with Gasteiger partial charge < -0.3 is 15.1 Å². The summed E-state index contributed by atoms with van der Waals surface area (Å²) in [4.78, 5) is 41.7. The Kier molecular flexibility index (Phi) is 6.61. The highest BCUT2D eigenvalue weighted by atomic mass is 32.1. The fraction of sp³-hybridized carbons (Fsp3) is 0.0833. The number of nitrogens with zero attached hydrogens (tertiary/aromatic N) is 1. The van der Waals surface area contributed by atoms with Gasteiger partial charge >= 0.3 is 0 Å². The third-order valence-corrected chi connectivity index (χ3v) is 5.39. The average Bonchev–Trinajstić information content (AvgIpc) is 3.46. The van der Waals surface area contributed by atoms with Gasteiger partial charge in [-0.2, -0.15) is 0 Å². The highest BCUT2D eigenvalue weighted by Crippen LogP contribution is 2.20. The van der Waals surface area contributed by atoms with E-state index in [4.69, 9.17) is 4.42 Å². The Labute approximate surface area is 193 Å². The number of carbonyl (C=O) groups excluding carboxylic acids is 3. The second-order valence-corrected chi connectivity index (χ2v) is 8.03. The van der Waals surface area contributed by atoms with Gasteiger partial charge in [0.05, 0.1) is 29.6 Å². The molecule has 3 amide bonds. The average molecular weight is 461 g/mol. The van der Waals surface area contributed by atoms with Crippen LogP contribution in [0.3, 0.4) is 0 Å². The molecule has 3 N–H and O–H groups in total. The third kappa shape index (κ3) is 5.72. The van der Waals surface area contributed by atoms with Crippen molar-refractivity contribution in [2.24, 2.45) is 0 Å². The van der Waals surface area contributed by atoms with Crippen LogP contribution in [0.1, 0.15) is 32.2 Å². The zero-order valence-corrected chi connectivity index (χ0v) is 18.4. The van der Waals surface area contributed by atoms with E-state index in [1.807, 2.05) is 25.1 Å². The van der Waals surface area contributed by atoms with Crippen LogP contribution in [-0.2, 0) is 11.2 Å². The lowest BCUT2D eigenvalue weighted by Crippen LogP contribution is -2.19. The van der Waals surface area contributed by atoms with E-state index in [1.54, 1.807) is 47.8 Å². The van der Waals surface area contributed by atoms with Crippen molar-refractivity contribution in [2.45, 2.75) is 13.3 Å². The quantitative estimate of drug-likeness (QED) is 0.369. The minimum Gasteiger partial charge on any atom is -0.459 e. The van der Waals surface area contributed by atoms with E-state index in [-0.39, 0.29) is 24.0 Å². The number of carbonyl (C=O) groups is 3. The van der Waals surface area contributed by atoms with Gasteiger partial charge in [-0.1, -0.05) is 24.3 Å². The molecule has 0 saturated heterocycles. The van der Waals surface area contributed by atoms with Crippen LogP contribution in [0, 0.1) is 6.92 Å². The molecule has 2 aromatic heterocycles. The Morgan fingerprint density at radius 3 is 2.58 bits per heavy atom. The first-order valence-electron chi connectivity index (χ1n) is 10.0. The number of aryl methyl sites for hydroxylation is 1. The van der Waals surface area contributed by atoms with Crippen molar-refractivity contribution < 1.29 is 18.8 Å². The Bertz CT molecular complexity index is 1300. The molecule has 2 aromatic carbocycles. The zero-order chi connectivity index (χ0) is 23.2. The molecule has 2 heterocycles. The number of furan rings is 1. The van der Waals surface area contributed by atoms with Crippen molar-refractivity contribution in [2.75, 3.05) is 16.0 Å². The number of aromatic nitrogens is 1. The summed E-state index contributed by atoms with van der Waals surface area (Å²) in [6.07, 6.45) is 1.40. The summed E-state index contributed by atoms with van der Waals surface area (Å²) in [5, 5.41) is 10.3. The summed E-state index contributed by atoms with van der Waals surface area (Å²) >= 11 is 1.21. The molecule has 4 rings (SSSR count). The number of nitrogens with one attached hydrogen (secondary N) is 3. The van der Waals surface area contributed by atoms with Gasteiger partial charge in [0, 0.05) is 11.1 Å². The molecule has 0 radical (unpaired) electrons. The molecular weight excluding hydrogens is 440 g/mol. The number of hydrogen-bond donors (Lipinski definition) is 3. The van der Waals surface area contributed by atoms with Crippen molar-refractivity contribution in [1.82, 2.24) is 4.98 Å². The number of benzene rings is 2. The highest BCUT2D eigenvalue weighted by Gasteiger charge is 2.16. The number of para-hydroxylation sites is 1. The Hall–Kier alpha value is -4.24. The summed E-state index contributed by atoms with van der Waals surface area (Å²) in [6.45, 7) is 1.94. The summed E-state index contributed by atoms with van der Waals surface area (Å²) in [5.74, 6) is -0.906. The maximum Gasteiger partial charge on any atom is 0.293 e. The van der Waals surface area contributed by atoms with Crippen LogP contribution in [-0.4, -0.2) is 22.7 Å². The molecule has 0 aliphatic carbocycles. The van der Waals surface area contributed by atoms with Gasteiger partial charge in [-0.05, 0) is 48.9 Å². The smallest absolute Gasteiger partial charge is 0.293 e. The molecule has 166 valence electrons. The van der Waals surface area contributed by atoms with Crippen LogP contribution in [0.4, 0.5) is 16.5 Å². The number of thiazole rings is 1. The minimum absolute atomic E-state index is 0.0129. The lowest BCUT2D eigenvalue weighted by molar-refractivity contribution is -0.115. The molecule has 0 saturated carbocycles. The SMILES string of the molecule is Cc1cccc(NC(=O)c2ccccc2NC(=O)Cc2csc(NC(=O)c3ccco3)n2)c1. The van der Waals surface area contributed by atoms with Gasteiger partial charge in [-0.15, -0.1) is 11.3 Å². The molecule has 33 heavy (non-hydrogen) atoms.